The summed E-state index contributed by atoms with van der Waals surface area (Å²) in [4.78, 5) is 30.8. The predicted molar refractivity (Wildman–Crippen MR) is 95.5 cm³/mol. The molecule has 0 unspecified atom stereocenters. The van der Waals surface area contributed by atoms with Crippen molar-refractivity contribution in [2.75, 3.05) is 36.4 Å². The maximum atomic E-state index is 12.5. The highest BCUT2D eigenvalue weighted by molar-refractivity contribution is 7.15. The highest BCUT2D eigenvalue weighted by Crippen LogP contribution is 2.21. The molecule has 0 radical (unpaired) electrons. The van der Waals surface area contributed by atoms with E-state index in [-0.39, 0.29) is 11.9 Å². The fourth-order valence-electron chi connectivity index (χ4n) is 2.69. The minimum absolute atomic E-state index is 0.00305. The lowest BCUT2D eigenvalue weighted by Gasteiger charge is -2.37. The number of hydrogen-bond acceptors (Lipinski definition) is 7. The van der Waals surface area contributed by atoms with E-state index >= 15 is 0 Å². The number of hydrogen-bond donors (Lipinski definition) is 1. The van der Waals surface area contributed by atoms with Crippen LogP contribution in [0.25, 0.3) is 0 Å². The first-order valence-corrected chi connectivity index (χ1v) is 8.86. The first-order chi connectivity index (χ1) is 11.5. The van der Waals surface area contributed by atoms with Gasteiger partial charge in [-0.3, -0.25) is 14.7 Å². The molecule has 0 saturated carbocycles. The Morgan fingerprint density at radius 3 is 2.58 bits per heavy atom. The van der Waals surface area contributed by atoms with Gasteiger partial charge in [0.2, 0.25) is 5.91 Å². The van der Waals surface area contributed by atoms with Crippen LogP contribution < -0.4 is 10.2 Å². The van der Waals surface area contributed by atoms with Gasteiger partial charge >= 0.3 is 0 Å². The van der Waals surface area contributed by atoms with Crippen LogP contribution in [-0.2, 0) is 4.79 Å². The summed E-state index contributed by atoms with van der Waals surface area (Å²) in [6, 6.07) is -0.182. The predicted octanol–water partition coefficient (Wildman–Crippen LogP) is 1.70. The summed E-state index contributed by atoms with van der Waals surface area (Å²) in [5.74, 6) is 0.889. The Morgan fingerprint density at radius 2 is 2.00 bits per heavy atom. The molecule has 24 heavy (non-hydrogen) atoms. The number of carbonyl (C=O) groups is 1. The van der Waals surface area contributed by atoms with Crippen LogP contribution in [0.5, 0.6) is 0 Å². The molecule has 0 aliphatic carbocycles. The minimum atomic E-state index is -0.182. The van der Waals surface area contributed by atoms with Crippen LogP contribution in [0.15, 0.2) is 18.6 Å². The van der Waals surface area contributed by atoms with Gasteiger partial charge in [-0.25, -0.2) is 9.97 Å². The highest BCUT2D eigenvalue weighted by Gasteiger charge is 2.26. The van der Waals surface area contributed by atoms with E-state index < -0.39 is 0 Å². The Labute approximate surface area is 145 Å². The van der Waals surface area contributed by atoms with Gasteiger partial charge in [-0.05, 0) is 20.8 Å². The van der Waals surface area contributed by atoms with Gasteiger partial charge in [-0.1, -0.05) is 0 Å². The number of aromatic nitrogens is 3. The zero-order chi connectivity index (χ0) is 17.1. The normalized spacial score (nSPS) is 16.9. The van der Waals surface area contributed by atoms with Gasteiger partial charge in [0.1, 0.15) is 5.82 Å². The van der Waals surface area contributed by atoms with Gasteiger partial charge < -0.3 is 10.2 Å². The van der Waals surface area contributed by atoms with E-state index in [1.54, 1.807) is 18.6 Å². The van der Waals surface area contributed by atoms with Gasteiger partial charge in [0.15, 0.2) is 5.13 Å². The molecule has 2 aromatic heterocycles. The molecule has 1 aliphatic heterocycles. The van der Waals surface area contributed by atoms with E-state index in [1.165, 1.54) is 11.3 Å². The zero-order valence-corrected chi connectivity index (χ0v) is 15.0. The fraction of sp³-hybridized carbons (Fsp3) is 0.500. The third kappa shape index (κ3) is 3.70. The SMILES string of the molecule is Cc1nc(NC(=O)[C@@H](C)N2CCN(c3cnccn3)CC2)sc1C. The van der Waals surface area contributed by atoms with Crippen LogP contribution in [0.1, 0.15) is 17.5 Å². The van der Waals surface area contributed by atoms with Gasteiger partial charge in [-0.2, -0.15) is 0 Å². The lowest BCUT2D eigenvalue weighted by atomic mass is 10.2. The molecule has 0 spiro atoms. The van der Waals surface area contributed by atoms with Crippen LogP contribution in [0.2, 0.25) is 0 Å². The van der Waals surface area contributed by atoms with Gasteiger partial charge in [0.25, 0.3) is 0 Å². The molecule has 128 valence electrons. The molecule has 0 bridgehead atoms. The molecule has 1 fully saturated rings. The van der Waals surface area contributed by atoms with E-state index in [4.69, 9.17) is 0 Å². The fourth-order valence-corrected chi connectivity index (χ4v) is 3.51. The Hall–Kier alpha value is -2.06. The van der Waals surface area contributed by atoms with Crippen molar-refractivity contribution in [2.45, 2.75) is 26.8 Å². The number of nitrogens with one attached hydrogen (secondary N) is 1. The van der Waals surface area contributed by atoms with Crippen molar-refractivity contribution in [2.24, 2.45) is 0 Å². The van der Waals surface area contributed by atoms with Crippen LogP contribution in [0.4, 0.5) is 10.9 Å². The molecule has 7 nitrogen and oxygen atoms in total. The summed E-state index contributed by atoms with van der Waals surface area (Å²) in [6.45, 7) is 9.23. The Morgan fingerprint density at radius 1 is 1.25 bits per heavy atom. The maximum absolute atomic E-state index is 12.5. The Bertz CT molecular complexity index is 676. The van der Waals surface area contributed by atoms with Crippen molar-refractivity contribution in [1.29, 1.82) is 0 Å². The average Bonchev–Trinajstić information content (AvgIpc) is 2.92. The Kier molecular flexibility index (Phi) is 5.06. The molecule has 0 aromatic carbocycles. The molecule has 1 aliphatic rings. The number of anilines is 2. The first kappa shape index (κ1) is 16.8. The Balaban J connectivity index is 1.54. The number of thiazole rings is 1. The second-order valence-electron chi connectivity index (χ2n) is 5.91. The van der Waals surface area contributed by atoms with E-state index in [0.717, 1.165) is 42.6 Å². The highest BCUT2D eigenvalue weighted by atomic mass is 32.1. The van der Waals surface area contributed by atoms with Gasteiger partial charge in [-0.15, -0.1) is 11.3 Å². The van der Waals surface area contributed by atoms with E-state index in [9.17, 15) is 4.79 Å². The van der Waals surface area contributed by atoms with Crippen molar-refractivity contribution in [3.8, 4) is 0 Å². The molecule has 1 N–H and O–H groups in total. The molecule has 2 aromatic rings. The summed E-state index contributed by atoms with van der Waals surface area (Å²) < 4.78 is 0. The van der Waals surface area contributed by atoms with E-state index in [2.05, 4.69) is 30.1 Å². The molecule has 1 amide bonds. The van der Waals surface area contributed by atoms with Crippen LogP contribution in [-0.4, -0.2) is 58.0 Å². The van der Waals surface area contributed by atoms with E-state index in [1.807, 2.05) is 20.8 Å². The van der Waals surface area contributed by atoms with Crippen molar-refractivity contribution < 1.29 is 4.79 Å². The summed E-state index contributed by atoms with van der Waals surface area (Å²) in [6.07, 6.45) is 5.16. The molecule has 8 heteroatoms. The first-order valence-electron chi connectivity index (χ1n) is 8.04. The second kappa shape index (κ2) is 7.23. The summed E-state index contributed by atoms with van der Waals surface area (Å²) >= 11 is 1.52. The maximum Gasteiger partial charge on any atom is 0.243 e. The van der Waals surface area contributed by atoms with Crippen LogP contribution in [0.3, 0.4) is 0 Å². The number of rotatable bonds is 4. The third-order valence-electron chi connectivity index (χ3n) is 4.37. The van der Waals surface area contributed by atoms with Crippen molar-refractivity contribution in [3.05, 3.63) is 29.2 Å². The molecule has 3 rings (SSSR count). The third-order valence-corrected chi connectivity index (χ3v) is 5.36. The van der Waals surface area contributed by atoms with Crippen LogP contribution in [0, 0.1) is 13.8 Å². The number of piperazine rings is 1. The van der Waals surface area contributed by atoms with Gasteiger partial charge in [0.05, 0.1) is 17.9 Å². The summed E-state index contributed by atoms with van der Waals surface area (Å²) in [7, 11) is 0. The minimum Gasteiger partial charge on any atom is -0.353 e. The second-order valence-corrected chi connectivity index (χ2v) is 7.12. The molecule has 1 saturated heterocycles. The molecular weight excluding hydrogens is 324 g/mol. The number of nitrogens with zero attached hydrogens (tertiary/aromatic N) is 5. The van der Waals surface area contributed by atoms with Crippen molar-refractivity contribution in [1.82, 2.24) is 19.9 Å². The quantitative estimate of drug-likeness (QED) is 0.908. The molecule has 1 atom stereocenters. The summed E-state index contributed by atoms with van der Waals surface area (Å²) in [5.41, 5.74) is 0.973. The topological polar surface area (TPSA) is 74.2 Å². The monoisotopic (exact) mass is 346 g/mol. The molecular formula is C16H22N6OS. The van der Waals surface area contributed by atoms with E-state index in [0.29, 0.717) is 5.13 Å². The zero-order valence-electron chi connectivity index (χ0n) is 14.2. The smallest absolute Gasteiger partial charge is 0.243 e. The van der Waals surface area contributed by atoms with Crippen LogP contribution >= 0.6 is 11.3 Å². The average molecular weight is 346 g/mol. The number of amides is 1. The largest absolute Gasteiger partial charge is 0.353 e. The standard InChI is InChI=1S/C16H22N6OS/c1-11-13(3)24-16(19-11)20-15(23)12(2)21-6-8-22(9-7-21)14-10-17-4-5-18-14/h4-5,10,12H,6-9H2,1-3H3,(H,19,20,23)/t12-/m1/s1. The van der Waals surface area contributed by atoms with Crippen molar-refractivity contribution >= 4 is 28.2 Å². The lowest BCUT2D eigenvalue weighted by Crippen LogP contribution is -2.53. The van der Waals surface area contributed by atoms with Crippen molar-refractivity contribution in [3.63, 3.8) is 0 Å². The number of aryl methyl sites for hydroxylation is 2. The lowest BCUT2D eigenvalue weighted by molar-refractivity contribution is -0.120. The number of carbonyl (C=O) groups excluding carboxylic acids is 1. The van der Waals surface area contributed by atoms with Gasteiger partial charge in [0, 0.05) is 43.4 Å². The molecule has 3 heterocycles. The summed E-state index contributed by atoms with van der Waals surface area (Å²) in [5, 5.41) is 3.61.